The van der Waals surface area contributed by atoms with Crippen LogP contribution in [0.15, 0.2) is 60.8 Å². The van der Waals surface area contributed by atoms with Crippen molar-refractivity contribution in [1.82, 2.24) is 10.3 Å². The highest BCUT2D eigenvalue weighted by molar-refractivity contribution is 5.93. The van der Waals surface area contributed by atoms with Crippen LogP contribution < -0.4 is 10.6 Å². The monoisotopic (exact) mass is 357 g/mol. The van der Waals surface area contributed by atoms with E-state index < -0.39 is 17.5 Å². The molecule has 0 saturated carbocycles. The lowest BCUT2D eigenvalue weighted by molar-refractivity contribution is 0.0946. The van der Waals surface area contributed by atoms with Crippen molar-refractivity contribution in [1.29, 1.82) is 0 Å². The van der Waals surface area contributed by atoms with Crippen LogP contribution in [0.25, 0.3) is 0 Å². The van der Waals surface area contributed by atoms with Gasteiger partial charge in [-0.3, -0.25) is 9.78 Å². The molecule has 0 fully saturated rings. The molecular weight excluding hydrogens is 343 g/mol. The highest BCUT2D eigenvalue weighted by Gasteiger charge is 2.11. The number of nitrogens with one attached hydrogen (secondary N) is 2. The van der Waals surface area contributed by atoms with E-state index in [9.17, 15) is 18.0 Å². The van der Waals surface area contributed by atoms with Crippen LogP contribution in [-0.4, -0.2) is 10.9 Å². The molecule has 0 bridgehead atoms. The van der Waals surface area contributed by atoms with Crippen molar-refractivity contribution in [3.8, 4) is 0 Å². The zero-order valence-corrected chi connectivity index (χ0v) is 13.5. The third kappa shape index (κ3) is 4.18. The van der Waals surface area contributed by atoms with E-state index in [1.807, 2.05) is 0 Å². The molecule has 2 aromatic carbocycles. The Labute approximate surface area is 147 Å². The van der Waals surface area contributed by atoms with Crippen LogP contribution in [0.1, 0.15) is 16.1 Å². The molecule has 0 spiro atoms. The van der Waals surface area contributed by atoms with E-state index in [4.69, 9.17) is 0 Å². The number of aromatic nitrogens is 1. The first-order valence-electron chi connectivity index (χ1n) is 7.72. The fourth-order valence-corrected chi connectivity index (χ4v) is 2.27. The number of pyridine rings is 1. The first kappa shape index (κ1) is 17.5. The van der Waals surface area contributed by atoms with E-state index in [1.165, 1.54) is 36.5 Å². The van der Waals surface area contributed by atoms with Gasteiger partial charge in [0.2, 0.25) is 0 Å². The number of carbonyl (C=O) groups is 1. The molecule has 26 heavy (non-hydrogen) atoms. The lowest BCUT2D eigenvalue weighted by Crippen LogP contribution is -2.23. The van der Waals surface area contributed by atoms with E-state index in [1.54, 1.807) is 12.1 Å². The maximum absolute atomic E-state index is 13.7. The van der Waals surface area contributed by atoms with Crippen molar-refractivity contribution in [2.75, 3.05) is 5.32 Å². The van der Waals surface area contributed by atoms with Gasteiger partial charge >= 0.3 is 0 Å². The minimum atomic E-state index is -0.746. The summed E-state index contributed by atoms with van der Waals surface area (Å²) in [6, 6.07) is 12.1. The summed E-state index contributed by atoms with van der Waals surface area (Å²) in [5.74, 6) is -2.32. The van der Waals surface area contributed by atoms with Gasteiger partial charge in [0.1, 0.15) is 28.8 Å². The van der Waals surface area contributed by atoms with Crippen molar-refractivity contribution < 1.29 is 18.0 Å². The Balaban J connectivity index is 1.70. The van der Waals surface area contributed by atoms with Gasteiger partial charge in [0, 0.05) is 18.4 Å². The van der Waals surface area contributed by atoms with Crippen LogP contribution >= 0.6 is 0 Å². The largest absolute Gasteiger partial charge is 0.351 e. The van der Waals surface area contributed by atoms with Crippen LogP contribution in [0.4, 0.5) is 24.5 Å². The maximum Gasteiger partial charge on any atom is 0.270 e. The minimum Gasteiger partial charge on any atom is -0.351 e. The van der Waals surface area contributed by atoms with E-state index in [-0.39, 0.29) is 23.7 Å². The van der Waals surface area contributed by atoms with Crippen LogP contribution in [0.3, 0.4) is 0 Å². The Bertz CT molecular complexity index is 909. The van der Waals surface area contributed by atoms with E-state index >= 15 is 0 Å². The molecule has 0 unspecified atom stereocenters. The fraction of sp³-hybridized carbons (Fsp3) is 0.0526. The van der Waals surface area contributed by atoms with Crippen molar-refractivity contribution in [3.05, 3.63) is 89.5 Å². The number of hydrogen-bond donors (Lipinski definition) is 2. The van der Waals surface area contributed by atoms with Crippen molar-refractivity contribution in [3.63, 3.8) is 0 Å². The SMILES string of the molecule is O=C(NCc1ccc(F)cc1)c1cc(Nc2c(F)cccc2F)ccn1. The molecule has 2 N–H and O–H groups in total. The number of benzene rings is 2. The molecule has 0 aliphatic rings. The third-order valence-corrected chi connectivity index (χ3v) is 3.59. The standard InChI is InChI=1S/C19H14F3N3O/c20-13-6-4-12(5-7-13)11-24-19(26)17-10-14(8-9-23-17)25-18-15(21)2-1-3-16(18)22/h1-10H,11H2,(H,23,25)(H,24,26). The summed E-state index contributed by atoms with van der Waals surface area (Å²) >= 11 is 0. The summed E-state index contributed by atoms with van der Waals surface area (Å²) in [7, 11) is 0. The minimum absolute atomic E-state index is 0.0776. The zero-order chi connectivity index (χ0) is 18.5. The second-order valence-corrected chi connectivity index (χ2v) is 5.46. The van der Waals surface area contributed by atoms with Crippen molar-refractivity contribution >= 4 is 17.3 Å². The molecule has 1 heterocycles. The summed E-state index contributed by atoms with van der Waals surface area (Å²) in [4.78, 5) is 16.2. The highest BCUT2D eigenvalue weighted by Crippen LogP contribution is 2.23. The van der Waals surface area contributed by atoms with Gasteiger partial charge in [0.05, 0.1) is 0 Å². The number of halogens is 3. The van der Waals surface area contributed by atoms with Gasteiger partial charge in [-0.15, -0.1) is 0 Å². The van der Waals surface area contributed by atoms with Crippen LogP contribution in [0, 0.1) is 17.5 Å². The van der Waals surface area contributed by atoms with E-state index in [2.05, 4.69) is 15.6 Å². The van der Waals surface area contributed by atoms with Crippen LogP contribution in [0.2, 0.25) is 0 Å². The van der Waals surface area contributed by atoms with Crippen LogP contribution in [-0.2, 0) is 6.54 Å². The molecule has 0 atom stereocenters. The number of anilines is 2. The Morgan fingerprint density at radius 1 is 0.962 bits per heavy atom. The molecule has 0 radical (unpaired) electrons. The van der Waals surface area contributed by atoms with Gasteiger partial charge in [-0.2, -0.15) is 0 Å². The smallest absolute Gasteiger partial charge is 0.270 e. The summed E-state index contributed by atoms with van der Waals surface area (Å²) in [5.41, 5.74) is 0.809. The molecule has 1 amide bonds. The normalized spacial score (nSPS) is 10.4. The quantitative estimate of drug-likeness (QED) is 0.721. The first-order valence-corrected chi connectivity index (χ1v) is 7.72. The van der Waals surface area contributed by atoms with Gasteiger partial charge in [0.25, 0.3) is 5.91 Å². The number of amides is 1. The van der Waals surface area contributed by atoms with Crippen LogP contribution in [0.5, 0.6) is 0 Å². The number of para-hydroxylation sites is 1. The molecule has 3 rings (SSSR count). The second-order valence-electron chi connectivity index (χ2n) is 5.46. The summed E-state index contributed by atoms with van der Waals surface area (Å²) in [5, 5.41) is 5.25. The average molecular weight is 357 g/mol. The van der Waals surface area contributed by atoms with E-state index in [0.717, 1.165) is 17.7 Å². The number of carbonyl (C=O) groups excluding carboxylic acids is 1. The third-order valence-electron chi connectivity index (χ3n) is 3.59. The molecule has 0 saturated heterocycles. The number of rotatable bonds is 5. The maximum atomic E-state index is 13.7. The van der Waals surface area contributed by atoms with Gasteiger partial charge in [-0.05, 0) is 42.0 Å². The lowest BCUT2D eigenvalue weighted by atomic mass is 10.2. The Morgan fingerprint density at radius 3 is 2.35 bits per heavy atom. The van der Waals surface area contributed by atoms with E-state index in [0.29, 0.717) is 5.69 Å². The van der Waals surface area contributed by atoms with Crippen molar-refractivity contribution in [2.24, 2.45) is 0 Å². The fourth-order valence-electron chi connectivity index (χ4n) is 2.27. The van der Waals surface area contributed by atoms with Gasteiger partial charge in [-0.1, -0.05) is 18.2 Å². The molecule has 1 aromatic heterocycles. The Kier molecular flexibility index (Phi) is 5.17. The summed E-state index contributed by atoms with van der Waals surface area (Å²) in [6.07, 6.45) is 1.36. The summed E-state index contributed by atoms with van der Waals surface area (Å²) < 4.78 is 40.3. The molecule has 0 aliphatic heterocycles. The zero-order valence-electron chi connectivity index (χ0n) is 13.5. The first-order chi connectivity index (χ1) is 12.5. The second kappa shape index (κ2) is 7.69. The number of nitrogens with zero attached hydrogens (tertiary/aromatic N) is 1. The predicted octanol–water partition coefficient (Wildman–Crippen LogP) is 4.17. The molecule has 132 valence electrons. The van der Waals surface area contributed by atoms with Gasteiger partial charge in [0.15, 0.2) is 0 Å². The number of hydrogen-bond acceptors (Lipinski definition) is 3. The Morgan fingerprint density at radius 2 is 1.65 bits per heavy atom. The predicted molar refractivity (Wildman–Crippen MR) is 91.4 cm³/mol. The molecule has 7 heteroatoms. The lowest BCUT2D eigenvalue weighted by Gasteiger charge is -2.10. The topological polar surface area (TPSA) is 54.0 Å². The average Bonchev–Trinajstić information content (AvgIpc) is 2.64. The molecular formula is C19H14F3N3O. The summed E-state index contributed by atoms with van der Waals surface area (Å²) in [6.45, 7) is 0.195. The molecule has 0 aliphatic carbocycles. The van der Waals surface area contributed by atoms with Gasteiger partial charge < -0.3 is 10.6 Å². The molecule has 4 nitrogen and oxygen atoms in total. The Hall–Kier alpha value is -3.35. The highest BCUT2D eigenvalue weighted by atomic mass is 19.1. The van der Waals surface area contributed by atoms with Crippen molar-refractivity contribution in [2.45, 2.75) is 6.54 Å². The van der Waals surface area contributed by atoms with Gasteiger partial charge in [-0.25, -0.2) is 13.2 Å². The molecule has 3 aromatic rings.